The van der Waals surface area contributed by atoms with E-state index < -0.39 is 29.3 Å². The second kappa shape index (κ2) is 9.22. The summed E-state index contributed by atoms with van der Waals surface area (Å²) < 4.78 is 73.9. The quantitative estimate of drug-likeness (QED) is 0.252. The molecule has 0 unspecified atom stereocenters. The summed E-state index contributed by atoms with van der Waals surface area (Å²) in [5, 5.41) is 11.6. The largest absolute Gasteiger partial charge is 0.481 e. The maximum Gasteiger partial charge on any atom is 0.417 e. The van der Waals surface area contributed by atoms with E-state index in [4.69, 9.17) is 9.52 Å². The number of fused-ring (bicyclic) bond motifs is 1. The standard InChI is InChI=1S/C24H17F5N2O3/c25-18-5-3-14(11-19(18)26)16-4-2-15(10-17(16)24(27,28)29)23-31-20-9-13(1-6-21(20)34-23)12-30-8-7-22(32)33/h1-6,9-11,30H,7-8,12H2,(H,32,33). The summed E-state index contributed by atoms with van der Waals surface area (Å²) in [6.45, 7) is 0.661. The van der Waals surface area contributed by atoms with Crippen LogP contribution >= 0.6 is 0 Å². The molecular weight excluding hydrogens is 459 g/mol. The van der Waals surface area contributed by atoms with Crippen LogP contribution in [0, 0.1) is 11.6 Å². The number of carboxylic acids is 1. The molecule has 1 aromatic heterocycles. The number of rotatable bonds is 7. The summed E-state index contributed by atoms with van der Waals surface area (Å²) in [5.74, 6) is -3.36. The van der Waals surface area contributed by atoms with Gasteiger partial charge in [-0.1, -0.05) is 18.2 Å². The van der Waals surface area contributed by atoms with Gasteiger partial charge in [-0.05, 0) is 53.1 Å². The highest BCUT2D eigenvalue weighted by Crippen LogP contribution is 2.40. The molecular formula is C24H17F5N2O3. The third kappa shape index (κ3) is 5.07. The Labute approximate surface area is 189 Å². The summed E-state index contributed by atoms with van der Waals surface area (Å²) in [4.78, 5) is 14.9. The van der Waals surface area contributed by atoms with Crippen LogP contribution in [0.2, 0.25) is 0 Å². The molecule has 0 saturated heterocycles. The molecule has 0 aliphatic rings. The molecule has 0 amide bonds. The van der Waals surface area contributed by atoms with E-state index in [0.29, 0.717) is 23.7 Å². The third-order valence-electron chi connectivity index (χ3n) is 5.10. The lowest BCUT2D eigenvalue weighted by Gasteiger charge is -2.14. The number of benzene rings is 3. The molecule has 0 aliphatic heterocycles. The third-order valence-corrected chi connectivity index (χ3v) is 5.10. The van der Waals surface area contributed by atoms with Gasteiger partial charge in [0.15, 0.2) is 17.2 Å². The Bertz CT molecular complexity index is 1360. The van der Waals surface area contributed by atoms with E-state index in [1.165, 1.54) is 6.07 Å². The Hall–Kier alpha value is -3.79. The van der Waals surface area contributed by atoms with Crippen molar-refractivity contribution in [1.82, 2.24) is 10.3 Å². The Kier molecular flexibility index (Phi) is 6.34. The first-order valence-corrected chi connectivity index (χ1v) is 10.1. The lowest BCUT2D eigenvalue weighted by molar-refractivity contribution is -0.137. The van der Waals surface area contributed by atoms with E-state index in [1.807, 2.05) is 0 Å². The van der Waals surface area contributed by atoms with Gasteiger partial charge in [0.25, 0.3) is 0 Å². The SMILES string of the molecule is O=C(O)CCNCc1ccc2oc(-c3ccc(-c4ccc(F)c(F)c4)c(C(F)(F)F)c3)nc2c1. The molecule has 4 rings (SSSR count). The number of nitrogens with one attached hydrogen (secondary N) is 1. The van der Waals surface area contributed by atoms with E-state index in [2.05, 4.69) is 10.3 Å². The van der Waals surface area contributed by atoms with Crippen molar-refractivity contribution in [3.63, 3.8) is 0 Å². The average Bonchev–Trinajstić information content (AvgIpc) is 3.21. The lowest BCUT2D eigenvalue weighted by Crippen LogP contribution is -2.17. The van der Waals surface area contributed by atoms with Crippen LogP contribution in [0.5, 0.6) is 0 Å². The number of aliphatic carboxylic acids is 1. The molecule has 0 spiro atoms. The molecule has 3 aromatic carbocycles. The smallest absolute Gasteiger partial charge is 0.417 e. The van der Waals surface area contributed by atoms with Gasteiger partial charge in [0.2, 0.25) is 5.89 Å². The molecule has 5 nitrogen and oxygen atoms in total. The Morgan fingerprint density at radius 3 is 2.44 bits per heavy atom. The number of hydrogen-bond acceptors (Lipinski definition) is 4. The summed E-state index contributed by atoms with van der Waals surface area (Å²) in [6, 6.07) is 11.0. The summed E-state index contributed by atoms with van der Waals surface area (Å²) >= 11 is 0. The molecule has 10 heteroatoms. The minimum Gasteiger partial charge on any atom is -0.481 e. The predicted molar refractivity (Wildman–Crippen MR) is 114 cm³/mol. The van der Waals surface area contributed by atoms with E-state index >= 15 is 0 Å². The number of alkyl halides is 3. The second-order valence-corrected chi connectivity index (χ2v) is 7.53. The van der Waals surface area contributed by atoms with Crippen LogP contribution in [0.1, 0.15) is 17.5 Å². The van der Waals surface area contributed by atoms with Crippen molar-refractivity contribution in [2.75, 3.05) is 6.54 Å². The minimum atomic E-state index is -4.77. The van der Waals surface area contributed by atoms with Crippen molar-refractivity contribution in [3.8, 4) is 22.6 Å². The van der Waals surface area contributed by atoms with Gasteiger partial charge < -0.3 is 14.8 Å². The van der Waals surface area contributed by atoms with Gasteiger partial charge in [0, 0.05) is 18.7 Å². The number of halogens is 5. The zero-order valence-electron chi connectivity index (χ0n) is 17.4. The van der Waals surface area contributed by atoms with E-state index in [1.54, 1.807) is 18.2 Å². The van der Waals surface area contributed by atoms with Gasteiger partial charge in [-0.15, -0.1) is 0 Å². The normalized spacial score (nSPS) is 11.8. The van der Waals surface area contributed by atoms with Crippen molar-refractivity contribution in [2.45, 2.75) is 19.1 Å². The molecule has 0 fully saturated rings. The van der Waals surface area contributed by atoms with Crippen LogP contribution < -0.4 is 5.32 Å². The highest BCUT2D eigenvalue weighted by Gasteiger charge is 2.34. The zero-order valence-corrected chi connectivity index (χ0v) is 17.4. The summed E-state index contributed by atoms with van der Waals surface area (Å²) in [7, 11) is 0. The second-order valence-electron chi connectivity index (χ2n) is 7.53. The Morgan fingerprint density at radius 1 is 0.971 bits per heavy atom. The maximum absolute atomic E-state index is 13.8. The fourth-order valence-electron chi connectivity index (χ4n) is 3.46. The zero-order chi connectivity index (χ0) is 24.5. The lowest BCUT2D eigenvalue weighted by atomic mass is 9.97. The molecule has 0 aliphatic carbocycles. The highest BCUT2D eigenvalue weighted by molar-refractivity contribution is 5.78. The van der Waals surface area contributed by atoms with Crippen molar-refractivity contribution < 1.29 is 36.3 Å². The molecule has 4 aromatic rings. The van der Waals surface area contributed by atoms with Gasteiger partial charge in [-0.3, -0.25) is 4.79 Å². The molecule has 0 saturated carbocycles. The maximum atomic E-state index is 13.8. The van der Waals surface area contributed by atoms with E-state index in [-0.39, 0.29) is 35.5 Å². The van der Waals surface area contributed by atoms with Gasteiger partial charge in [-0.25, -0.2) is 13.8 Å². The van der Waals surface area contributed by atoms with Crippen molar-refractivity contribution >= 4 is 17.1 Å². The van der Waals surface area contributed by atoms with Crippen molar-refractivity contribution in [3.05, 3.63) is 77.4 Å². The fourth-order valence-corrected chi connectivity index (χ4v) is 3.46. The number of aromatic nitrogens is 1. The average molecular weight is 476 g/mol. The van der Waals surface area contributed by atoms with Crippen LogP contribution in [0.3, 0.4) is 0 Å². The minimum absolute atomic E-state index is 0.0293. The van der Waals surface area contributed by atoms with Crippen LogP contribution in [0.25, 0.3) is 33.7 Å². The van der Waals surface area contributed by atoms with E-state index in [9.17, 15) is 26.7 Å². The van der Waals surface area contributed by atoms with Gasteiger partial charge in [0.1, 0.15) is 5.52 Å². The number of hydrogen-bond donors (Lipinski definition) is 2. The first-order chi connectivity index (χ1) is 16.1. The van der Waals surface area contributed by atoms with E-state index in [0.717, 1.165) is 29.8 Å². The summed E-state index contributed by atoms with van der Waals surface area (Å²) in [6.07, 6.45) is -4.80. The number of carbonyl (C=O) groups is 1. The molecule has 2 N–H and O–H groups in total. The fraction of sp³-hybridized carbons (Fsp3) is 0.167. The molecule has 0 atom stereocenters. The molecule has 1 heterocycles. The highest BCUT2D eigenvalue weighted by atomic mass is 19.4. The molecule has 0 radical (unpaired) electrons. The Balaban J connectivity index is 1.66. The first-order valence-electron chi connectivity index (χ1n) is 10.1. The van der Waals surface area contributed by atoms with Gasteiger partial charge in [0.05, 0.1) is 12.0 Å². The van der Waals surface area contributed by atoms with Crippen LogP contribution in [0.15, 0.2) is 59.0 Å². The predicted octanol–water partition coefficient (Wildman–Crippen LogP) is 6.02. The first kappa shape index (κ1) is 23.4. The monoisotopic (exact) mass is 476 g/mol. The number of oxazole rings is 1. The number of nitrogens with zero attached hydrogens (tertiary/aromatic N) is 1. The topological polar surface area (TPSA) is 75.4 Å². The summed E-state index contributed by atoms with van der Waals surface area (Å²) in [5.41, 5.74) is 0.185. The van der Waals surface area contributed by atoms with Gasteiger partial charge in [-0.2, -0.15) is 13.2 Å². The van der Waals surface area contributed by atoms with Crippen molar-refractivity contribution in [2.24, 2.45) is 0 Å². The van der Waals surface area contributed by atoms with Crippen LogP contribution in [0.4, 0.5) is 22.0 Å². The molecule has 34 heavy (non-hydrogen) atoms. The van der Waals surface area contributed by atoms with Crippen LogP contribution in [-0.2, 0) is 17.5 Å². The number of carboxylic acid groups (broad SMARTS) is 1. The Morgan fingerprint density at radius 2 is 1.74 bits per heavy atom. The van der Waals surface area contributed by atoms with Crippen molar-refractivity contribution in [1.29, 1.82) is 0 Å². The molecule has 176 valence electrons. The van der Waals surface area contributed by atoms with Crippen LogP contribution in [-0.4, -0.2) is 22.6 Å². The van der Waals surface area contributed by atoms with Gasteiger partial charge >= 0.3 is 12.1 Å². The molecule has 0 bridgehead atoms.